The van der Waals surface area contributed by atoms with Gasteiger partial charge in [-0.1, -0.05) is 12.1 Å². The lowest BCUT2D eigenvalue weighted by Gasteiger charge is -2.18. The van der Waals surface area contributed by atoms with Crippen LogP contribution >= 0.6 is 0 Å². The molecule has 0 atom stereocenters. The fourth-order valence-corrected chi connectivity index (χ4v) is 2.15. The first-order valence-electron chi connectivity index (χ1n) is 7.88. The summed E-state index contributed by atoms with van der Waals surface area (Å²) in [6.45, 7) is -2.60. The standard InChI is InChI=1S/C18H19F2N3O4/c1-23(11-12-3-9-15(10-4-12)27-16(19)20)17(24)21-13-5-7-14(8-6-13)22-18(25)26-2/h3-10,16H,11H2,1-2H3,(H,21,24)(H,22,25). The molecule has 9 heteroatoms. The van der Waals surface area contributed by atoms with E-state index in [1.54, 1.807) is 43.4 Å². The number of carbonyl (C=O) groups excluding carboxylic acids is 2. The summed E-state index contributed by atoms with van der Waals surface area (Å²) in [6, 6.07) is 12.2. The van der Waals surface area contributed by atoms with Crippen LogP contribution in [0.1, 0.15) is 5.56 Å². The zero-order chi connectivity index (χ0) is 19.8. The maximum Gasteiger partial charge on any atom is 0.411 e. The Balaban J connectivity index is 1.88. The Kier molecular flexibility index (Phi) is 6.93. The number of amides is 3. The van der Waals surface area contributed by atoms with Crippen molar-refractivity contribution < 1.29 is 27.8 Å². The maximum atomic E-state index is 12.2. The smallest absolute Gasteiger partial charge is 0.411 e. The van der Waals surface area contributed by atoms with E-state index in [-0.39, 0.29) is 18.3 Å². The lowest BCUT2D eigenvalue weighted by atomic mass is 10.2. The molecule has 0 aromatic heterocycles. The van der Waals surface area contributed by atoms with Crippen LogP contribution in [0, 0.1) is 0 Å². The number of benzene rings is 2. The summed E-state index contributed by atoms with van der Waals surface area (Å²) in [5.41, 5.74) is 1.83. The summed E-state index contributed by atoms with van der Waals surface area (Å²) < 4.78 is 33.1. The van der Waals surface area contributed by atoms with Gasteiger partial charge in [0.2, 0.25) is 0 Å². The summed E-state index contributed by atoms with van der Waals surface area (Å²) in [7, 11) is 2.87. The van der Waals surface area contributed by atoms with Gasteiger partial charge in [0.15, 0.2) is 0 Å². The van der Waals surface area contributed by atoms with Crippen molar-refractivity contribution in [1.29, 1.82) is 0 Å². The molecule has 144 valence electrons. The van der Waals surface area contributed by atoms with Crippen molar-refractivity contribution in [2.45, 2.75) is 13.2 Å². The van der Waals surface area contributed by atoms with Gasteiger partial charge in [0, 0.05) is 25.0 Å². The van der Waals surface area contributed by atoms with Gasteiger partial charge in [0.1, 0.15) is 5.75 Å². The summed E-state index contributed by atoms with van der Waals surface area (Å²) in [5.74, 6) is 0.0570. The third-order valence-electron chi connectivity index (χ3n) is 3.48. The highest BCUT2D eigenvalue weighted by Gasteiger charge is 2.10. The molecule has 0 aliphatic heterocycles. The van der Waals surface area contributed by atoms with Gasteiger partial charge in [-0.2, -0.15) is 8.78 Å². The van der Waals surface area contributed by atoms with E-state index in [1.807, 2.05) is 0 Å². The summed E-state index contributed by atoms with van der Waals surface area (Å²) >= 11 is 0. The highest BCUT2D eigenvalue weighted by Crippen LogP contribution is 2.17. The molecular formula is C18H19F2N3O4. The zero-order valence-electron chi connectivity index (χ0n) is 14.7. The first-order valence-corrected chi connectivity index (χ1v) is 7.88. The van der Waals surface area contributed by atoms with E-state index in [9.17, 15) is 18.4 Å². The lowest BCUT2D eigenvalue weighted by Crippen LogP contribution is -2.30. The number of carbonyl (C=O) groups is 2. The molecule has 0 bridgehead atoms. The van der Waals surface area contributed by atoms with Gasteiger partial charge in [-0.25, -0.2) is 9.59 Å². The Morgan fingerprint density at radius 1 is 1.00 bits per heavy atom. The molecule has 0 fully saturated rings. The molecule has 0 heterocycles. The Morgan fingerprint density at radius 2 is 1.56 bits per heavy atom. The molecule has 2 rings (SSSR count). The summed E-state index contributed by atoms with van der Waals surface area (Å²) in [6.07, 6.45) is -0.587. The van der Waals surface area contributed by atoms with Crippen LogP contribution in [0.2, 0.25) is 0 Å². The molecule has 0 aliphatic carbocycles. The summed E-state index contributed by atoms with van der Waals surface area (Å²) in [4.78, 5) is 24.8. The molecule has 2 aromatic carbocycles. The van der Waals surface area contributed by atoms with Crippen LogP contribution in [0.15, 0.2) is 48.5 Å². The fourth-order valence-electron chi connectivity index (χ4n) is 2.15. The molecule has 0 spiro atoms. The zero-order valence-corrected chi connectivity index (χ0v) is 14.7. The van der Waals surface area contributed by atoms with Gasteiger partial charge in [-0.15, -0.1) is 0 Å². The van der Waals surface area contributed by atoms with Crippen molar-refractivity contribution in [3.05, 3.63) is 54.1 Å². The quantitative estimate of drug-likeness (QED) is 0.791. The number of ether oxygens (including phenoxy) is 2. The lowest BCUT2D eigenvalue weighted by molar-refractivity contribution is -0.0498. The number of nitrogens with zero attached hydrogens (tertiary/aromatic N) is 1. The van der Waals surface area contributed by atoms with Gasteiger partial charge >= 0.3 is 18.7 Å². The fraction of sp³-hybridized carbons (Fsp3) is 0.222. The van der Waals surface area contributed by atoms with Crippen LogP contribution in [0.3, 0.4) is 0 Å². The van der Waals surface area contributed by atoms with E-state index in [0.29, 0.717) is 11.4 Å². The van der Waals surface area contributed by atoms with Gasteiger partial charge < -0.3 is 19.7 Å². The van der Waals surface area contributed by atoms with E-state index in [1.165, 1.54) is 24.1 Å². The predicted octanol–water partition coefficient (Wildman–Crippen LogP) is 4.13. The van der Waals surface area contributed by atoms with E-state index < -0.39 is 12.7 Å². The van der Waals surface area contributed by atoms with Crippen LogP contribution in [-0.2, 0) is 11.3 Å². The van der Waals surface area contributed by atoms with E-state index in [2.05, 4.69) is 20.1 Å². The van der Waals surface area contributed by atoms with Gasteiger partial charge in [-0.05, 0) is 42.0 Å². The van der Waals surface area contributed by atoms with Crippen molar-refractivity contribution in [2.75, 3.05) is 24.8 Å². The minimum absolute atomic E-state index is 0.0570. The molecule has 0 radical (unpaired) electrons. The number of alkyl halides is 2. The van der Waals surface area contributed by atoms with Gasteiger partial charge in [-0.3, -0.25) is 5.32 Å². The third-order valence-corrected chi connectivity index (χ3v) is 3.48. The second-order valence-corrected chi connectivity index (χ2v) is 5.50. The number of halogens is 2. The highest BCUT2D eigenvalue weighted by molar-refractivity contribution is 5.90. The Labute approximate surface area is 154 Å². The molecule has 0 saturated carbocycles. The van der Waals surface area contributed by atoms with Gasteiger partial charge in [0.05, 0.1) is 7.11 Å². The Bertz CT molecular complexity index is 767. The predicted molar refractivity (Wildman–Crippen MR) is 96.0 cm³/mol. The molecule has 0 saturated heterocycles. The van der Waals surface area contributed by atoms with Crippen LogP contribution in [0.25, 0.3) is 0 Å². The van der Waals surface area contributed by atoms with Crippen molar-refractivity contribution in [2.24, 2.45) is 0 Å². The second-order valence-electron chi connectivity index (χ2n) is 5.50. The molecule has 7 nitrogen and oxygen atoms in total. The van der Waals surface area contributed by atoms with Gasteiger partial charge in [0.25, 0.3) is 0 Å². The number of anilines is 2. The SMILES string of the molecule is COC(=O)Nc1ccc(NC(=O)N(C)Cc2ccc(OC(F)F)cc2)cc1. The van der Waals surface area contributed by atoms with Crippen LogP contribution in [0.5, 0.6) is 5.75 Å². The van der Waals surface area contributed by atoms with Crippen LogP contribution < -0.4 is 15.4 Å². The van der Waals surface area contributed by atoms with Crippen LogP contribution in [0.4, 0.5) is 29.7 Å². The Morgan fingerprint density at radius 3 is 2.07 bits per heavy atom. The van der Waals surface area contributed by atoms with E-state index >= 15 is 0 Å². The number of hydrogen-bond donors (Lipinski definition) is 2. The number of nitrogens with one attached hydrogen (secondary N) is 2. The largest absolute Gasteiger partial charge is 0.453 e. The van der Waals surface area contributed by atoms with Crippen molar-refractivity contribution in [3.63, 3.8) is 0 Å². The topological polar surface area (TPSA) is 79.9 Å². The van der Waals surface area contributed by atoms with Crippen molar-refractivity contribution in [3.8, 4) is 5.75 Å². The van der Waals surface area contributed by atoms with E-state index in [0.717, 1.165) is 5.56 Å². The number of urea groups is 1. The van der Waals surface area contributed by atoms with Crippen molar-refractivity contribution in [1.82, 2.24) is 4.90 Å². The first kappa shape index (κ1) is 20.0. The molecule has 0 aliphatic rings. The average molecular weight is 379 g/mol. The average Bonchev–Trinajstić information content (AvgIpc) is 2.64. The Hall–Kier alpha value is -3.36. The molecule has 27 heavy (non-hydrogen) atoms. The normalized spacial score (nSPS) is 10.3. The molecule has 2 N–H and O–H groups in total. The highest BCUT2D eigenvalue weighted by atomic mass is 19.3. The minimum atomic E-state index is -2.88. The number of methoxy groups -OCH3 is 1. The minimum Gasteiger partial charge on any atom is -0.453 e. The molecule has 2 aromatic rings. The second kappa shape index (κ2) is 9.37. The number of rotatable bonds is 6. The molecular weight excluding hydrogens is 360 g/mol. The maximum absolute atomic E-state index is 12.2. The summed E-state index contributed by atoms with van der Waals surface area (Å²) in [5, 5.41) is 5.22. The first-order chi connectivity index (χ1) is 12.9. The molecule has 3 amide bonds. The molecule has 0 unspecified atom stereocenters. The van der Waals surface area contributed by atoms with E-state index in [4.69, 9.17) is 0 Å². The van der Waals surface area contributed by atoms with Crippen molar-refractivity contribution >= 4 is 23.5 Å². The van der Waals surface area contributed by atoms with Crippen LogP contribution in [-0.4, -0.2) is 37.8 Å². The third kappa shape index (κ3) is 6.46. The number of hydrogen-bond acceptors (Lipinski definition) is 4. The monoisotopic (exact) mass is 379 g/mol.